The number of hydrogen-bond acceptors (Lipinski definition) is 4. The Morgan fingerprint density at radius 1 is 1.53 bits per heavy atom. The molecule has 108 valence electrons. The summed E-state index contributed by atoms with van der Waals surface area (Å²) in [7, 11) is 3.28. The third-order valence-electron chi connectivity index (χ3n) is 2.91. The second kappa shape index (κ2) is 6.19. The maximum atomic E-state index is 12.0. The Morgan fingerprint density at radius 3 is 2.63 bits per heavy atom. The molecule has 5 nitrogen and oxygen atoms in total. The molecule has 1 rings (SSSR count). The summed E-state index contributed by atoms with van der Waals surface area (Å²) in [5.74, 6) is -0.271. The zero-order valence-electron chi connectivity index (χ0n) is 12.8. The van der Waals surface area contributed by atoms with Gasteiger partial charge in [-0.05, 0) is 13.0 Å². The molecular weight excluding hydrogens is 242 g/mol. The van der Waals surface area contributed by atoms with Crippen molar-refractivity contribution < 1.29 is 9.53 Å². The van der Waals surface area contributed by atoms with E-state index in [9.17, 15) is 4.79 Å². The maximum Gasteiger partial charge on any atom is 0.327 e. The Labute approximate surface area is 115 Å². The largest absolute Gasteiger partial charge is 0.468 e. The van der Waals surface area contributed by atoms with Gasteiger partial charge in [-0.25, -0.2) is 4.79 Å². The molecular formula is C14H25N3O2. The average molecular weight is 267 g/mol. The summed E-state index contributed by atoms with van der Waals surface area (Å²) in [5.41, 5.74) is 1.71. The minimum atomic E-state index is -0.451. The molecule has 0 saturated heterocycles. The zero-order valence-corrected chi connectivity index (χ0v) is 12.8. The molecule has 0 aliphatic rings. The highest BCUT2D eigenvalue weighted by molar-refractivity contribution is 5.78. The molecule has 1 N–H and O–H groups in total. The van der Waals surface area contributed by atoms with Crippen molar-refractivity contribution in [1.82, 2.24) is 15.1 Å². The predicted molar refractivity (Wildman–Crippen MR) is 75.0 cm³/mol. The molecule has 1 aromatic heterocycles. The summed E-state index contributed by atoms with van der Waals surface area (Å²) in [6.07, 6.45) is 2.85. The Morgan fingerprint density at radius 2 is 2.16 bits per heavy atom. The van der Waals surface area contributed by atoms with Crippen molar-refractivity contribution in [2.75, 3.05) is 13.7 Å². The number of aryl methyl sites for hydroxylation is 1. The van der Waals surface area contributed by atoms with Crippen molar-refractivity contribution in [2.24, 2.45) is 7.05 Å². The van der Waals surface area contributed by atoms with E-state index in [0.29, 0.717) is 0 Å². The Bertz CT molecular complexity index is 432. The first-order chi connectivity index (χ1) is 8.81. The Balaban J connectivity index is 3.18. The summed E-state index contributed by atoms with van der Waals surface area (Å²) < 4.78 is 6.65. The van der Waals surface area contributed by atoms with Crippen LogP contribution in [0.25, 0.3) is 0 Å². The number of nitrogens with one attached hydrogen (secondary N) is 1. The highest BCUT2D eigenvalue weighted by Crippen LogP contribution is 2.28. The number of carbonyl (C=O) groups excluding carboxylic acids is 1. The van der Waals surface area contributed by atoms with Crippen LogP contribution in [0.15, 0.2) is 6.20 Å². The maximum absolute atomic E-state index is 12.0. The van der Waals surface area contributed by atoms with Crippen molar-refractivity contribution in [3.8, 4) is 0 Å². The molecule has 0 aliphatic heterocycles. The van der Waals surface area contributed by atoms with Gasteiger partial charge in [0.1, 0.15) is 6.04 Å². The van der Waals surface area contributed by atoms with Crippen LogP contribution in [-0.2, 0) is 22.0 Å². The van der Waals surface area contributed by atoms with Gasteiger partial charge in [0.25, 0.3) is 0 Å². The van der Waals surface area contributed by atoms with Gasteiger partial charge in [-0.2, -0.15) is 5.10 Å². The van der Waals surface area contributed by atoms with Gasteiger partial charge in [0, 0.05) is 24.2 Å². The molecule has 0 radical (unpaired) electrons. The molecule has 1 aromatic rings. The van der Waals surface area contributed by atoms with E-state index in [0.717, 1.165) is 24.2 Å². The fourth-order valence-corrected chi connectivity index (χ4v) is 2.03. The van der Waals surface area contributed by atoms with Crippen LogP contribution >= 0.6 is 0 Å². The van der Waals surface area contributed by atoms with E-state index < -0.39 is 6.04 Å². The molecule has 0 saturated carbocycles. The molecule has 0 amide bonds. The Kier molecular flexibility index (Phi) is 5.11. The lowest BCUT2D eigenvalue weighted by molar-refractivity contribution is -0.143. The molecule has 1 atom stereocenters. The average Bonchev–Trinajstić information content (AvgIpc) is 2.71. The van der Waals surface area contributed by atoms with Gasteiger partial charge in [0.05, 0.1) is 12.8 Å². The van der Waals surface area contributed by atoms with Crippen molar-refractivity contribution in [2.45, 2.75) is 45.6 Å². The van der Waals surface area contributed by atoms with E-state index in [2.05, 4.69) is 38.1 Å². The topological polar surface area (TPSA) is 56.1 Å². The van der Waals surface area contributed by atoms with Gasteiger partial charge in [0.15, 0.2) is 0 Å². The minimum absolute atomic E-state index is 0.114. The van der Waals surface area contributed by atoms with Gasteiger partial charge in [-0.15, -0.1) is 0 Å². The van der Waals surface area contributed by atoms with Crippen molar-refractivity contribution in [3.05, 3.63) is 17.5 Å². The van der Waals surface area contributed by atoms with E-state index in [-0.39, 0.29) is 11.4 Å². The first kappa shape index (κ1) is 15.7. The molecule has 0 spiro atoms. The highest BCUT2D eigenvalue weighted by atomic mass is 16.5. The summed E-state index contributed by atoms with van der Waals surface area (Å²) in [6.45, 7) is 9.10. The van der Waals surface area contributed by atoms with Gasteiger partial charge < -0.3 is 10.1 Å². The fourth-order valence-electron chi connectivity index (χ4n) is 2.03. The number of nitrogens with zero attached hydrogens (tertiary/aromatic N) is 2. The van der Waals surface area contributed by atoms with E-state index >= 15 is 0 Å². The molecule has 0 aromatic carbocycles. The van der Waals surface area contributed by atoms with Gasteiger partial charge in [0.2, 0.25) is 0 Å². The summed E-state index contributed by atoms with van der Waals surface area (Å²) >= 11 is 0. The van der Waals surface area contributed by atoms with Crippen LogP contribution in [0, 0.1) is 0 Å². The lowest BCUT2D eigenvalue weighted by atomic mass is 9.87. The smallest absolute Gasteiger partial charge is 0.327 e. The van der Waals surface area contributed by atoms with Crippen LogP contribution in [0.5, 0.6) is 0 Å². The molecule has 0 fully saturated rings. The minimum Gasteiger partial charge on any atom is -0.468 e. The SMILES string of the molecule is CCCNC(C(=O)OC)c1cn(C)nc1C(C)(C)C. The third-order valence-corrected chi connectivity index (χ3v) is 2.91. The van der Waals surface area contributed by atoms with Crippen LogP contribution in [-0.4, -0.2) is 29.4 Å². The second-order valence-electron chi connectivity index (χ2n) is 5.77. The molecule has 5 heteroatoms. The van der Waals surface area contributed by atoms with Crippen LogP contribution in [0.4, 0.5) is 0 Å². The lowest BCUT2D eigenvalue weighted by Gasteiger charge is -2.22. The number of esters is 1. The number of ether oxygens (including phenoxy) is 1. The summed E-state index contributed by atoms with van der Waals surface area (Å²) in [4.78, 5) is 12.0. The van der Waals surface area contributed by atoms with E-state index in [1.165, 1.54) is 7.11 Å². The molecule has 0 aliphatic carbocycles. The highest BCUT2D eigenvalue weighted by Gasteiger charge is 2.30. The van der Waals surface area contributed by atoms with Crippen molar-refractivity contribution in [3.63, 3.8) is 0 Å². The zero-order chi connectivity index (χ0) is 14.6. The second-order valence-corrected chi connectivity index (χ2v) is 5.77. The quantitative estimate of drug-likeness (QED) is 0.828. The molecule has 19 heavy (non-hydrogen) atoms. The van der Waals surface area contributed by atoms with E-state index in [1.807, 2.05) is 13.2 Å². The van der Waals surface area contributed by atoms with Gasteiger partial charge in [-0.1, -0.05) is 27.7 Å². The number of aromatic nitrogens is 2. The lowest BCUT2D eigenvalue weighted by Crippen LogP contribution is -2.32. The number of methoxy groups -OCH3 is 1. The standard InChI is InChI=1S/C14H25N3O2/c1-7-8-15-11(13(18)19-6)10-9-17(5)16-12(10)14(2,3)4/h9,11,15H,7-8H2,1-6H3. The normalized spacial score (nSPS) is 13.4. The van der Waals surface area contributed by atoms with Gasteiger partial charge >= 0.3 is 5.97 Å². The van der Waals surface area contributed by atoms with E-state index in [1.54, 1.807) is 4.68 Å². The molecule has 0 bridgehead atoms. The van der Waals surface area contributed by atoms with Crippen LogP contribution in [0.3, 0.4) is 0 Å². The fraction of sp³-hybridized carbons (Fsp3) is 0.714. The van der Waals surface area contributed by atoms with Gasteiger partial charge in [-0.3, -0.25) is 4.68 Å². The van der Waals surface area contributed by atoms with Crippen LogP contribution in [0.2, 0.25) is 0 Å². The van der Waals surface area contributed by atoms with Crippen molar-refractivity contribution >= 4 is 5.97 Å². The van der Waals surface area contributed by atoms with E-state index in [4.69, 9.17) is 4.74 Å². The predicted octanol–water partition coefficient (Wildman–Crippen LogP) is 1.93. The summed E-state index contributed by atoms with van der Waals surface area (Å²) in [6, 6.07) is -0.451. The molecule has 1 unspecified atom stereocenters. The number of rotatable bonds is 5. The van der Waals surface area contributed by atoms with Crippen LogP contribution in [0.1, 0.15) is 51.4 Å². The number of hydrogen-bond donors (Lipinski definition) is 1. The number of carbonyl (C=O) groups is 1. The monoisotopic (exact) mass is 267 g/mol. The van der Waals surface area contributed by atoms with Crippen molar-refractivity contribution in [1.29, 1.82) is 0 Å². The summed E-state index contributed by atoms with van der Waals surface area (Å²) in [5, 5.41) is 7.73. The molecule has 1 heterocycles. The third kappa shape index (κ3) is 3.80. The van der Waals surface area contributed by atoms with Crippen LogP contribution < -0.4 is 5.32 Å². The first-order valence-electron chi connectivity index (χ1n) is 6.66. The Hall–Kier alpha value is -1.36. The first-order valence-corrected chi connectivity index (χ1v) is 6.66.